The van der Waals surface area contributed by atoms with Crippen LogP contribution in [0.25, 0.3) is 0 Å². The molecule has 1 N–H and O–H groups in total. The van der Waals surface area contributed by atoms with Crippen LogP contribution in [0.4, 0.5) is 0 Å². The Bertz CT molecular complexity index is 738. The maximum Gasteiger partial charge on any atom is 0.142 e. The van der Waals surface area contributed by atoms with Crippen LogP contribution in [-0.4, -0.2) is 14.7 Å². The molecule has 0 spiro atoms. The summed E-state index contributed by atoms with van der Waals surface area (Å²) in [6, 6.07) is 17.5. The highest BCUT2D eigenvalue weighted by Crippen LogP contribution is 2.29. The van der Waals surface area contributed by atoms with Gasteiger partial charge in [-0.2, -0.15) is 0 Å². The molecule has 1 heterocycles. The van der Waals surface area contributed by atoms with E-state index in [9.17, 15) is 5.11 Å². The normalized spacial score (nSPS) is 12.1. The van der Waals surface area contributed by atoms with Crippen LogP contribution >= 0.6 is 0 Å². The molecule has 0 aliphatic heterocycles. The Labute approximate surface area is 129 Å². The quantitative estimate of drug-likeness (QED) is 0.786. The number of hydrogen-bond donors (Lipinski definition) is 1. The average molecular weight is 294 g/mol. The molecule has 0 saturated carbocycles. The topological polar surface area (TPSA) is 47.3 Å². The summed E-state index contributed by atoms with van der Waals surface area (Å²) in [4.78, 5) is 4.21. The Kier molecular flexibility index (Phi) is 4.21. The SMILES string of the molecule is Cn1ccnc1C(O)c1ccccc1OCc1ccccc1. The van der Waals surface area contributed by atoms with Crippen molar-refractivity contribution >= 4 is 0 Å². The predicted octanol–water partition coefficient (Wildman–Crippen LogP) is 3.08. The van der Waals surface area contributed by atoms with E-state index in [4.69, 9.17) is 4.74 Å². The van der Waals surface area contributed by atoms with Crippen LogP contribution < -0.4 is 4.74 Å². The summed E-state index contributed by atoms with van der Waals surface area (Å²) in [5.74, 6) is 1.26. The molecule has 3 aromatic rings. The van der Waals surface area contributed by atoms with E-state index in [0.29, 0.717) is 23.7 Å². The van der Waals surface area contributed by atoms with Gasteiger partial charge in [-0.3, -0.25) is 0 Å². The van der Waals surface area contributed by atoms with E-state index >= 15 is 0 Å². The molecular formula is C18H18N2O2. The number of nitrogens with zero attached hydrogens (tertiary/aromatic N) is 2. The van der Waals surface area contributed by atoms with Crippen molar-refractivity contribution in [2.75, 3.05) is 0 Å². The molecule has 0 aliphatic rings. The lowest BCUT2D eigenvalue weighted by atomic mass is 10.1. The monoisotopic (exact) mass is 294 g/mol. The van der Waals surface area contributed by atoms with Gasteiger partial charge in [0.05, 0.1) is 0 Å². The van der Waals surface area contributed by atoms with Crippen LogP contribution in [0, 0.1) is 0 Å². The molecule has 1 aromatic heterocycles. The van der Waals surface area contributed by atoms with Crippen molar-refractivity contribution in [3.8, 4) is 5.75 Å². The molecule has 1 unspecified atom stereocenters. The minimum Gasteiger partial charge on any atom is -0.489 e. The highest BCUT2D eigenvalue weighted by molar-refractivity contribution is 5.38. The molecule has 0 radical (unpaired) electrons. The maximum absolute atomic E-state index is 10.6. The van der Waals surface area contributed by atoms with Gasteiger partial charge in [0.1, 0.15) is 24.3 Å². The van der Waals surface area contributed by atoms with Crippen LogP contribution in [0.1, 0.15) is 23.1 Å². The van der Waals surface area contributed by atoms with Crippen molar-refractivity contribution < 1.29 is 9.84 Å². The molecule has 1 atom stereocenters. The van der Waals surface area contributed by atoms with E-state index in [1.54, 1.807) is 10.8 Å². The summed E-state index contributed by atoms with van der Waals surface area (Å²) >= 11 is 0. The fraction of sp³-hybridized carbons (Fsp3) is 0.167. The number of imidazole rings is 1. The molecule has 0 saturated heterocycles. The Morgan fingerprint density at radius 3 is 2.55 bits per heavy atom. The lowest BCUT2D eigenvalue weighted by molar-refractivity contribution is 0.196. The number of para-hydroxylation sites is 1. The largest absolute Gasteiger partial charge is 0.489 e. The third kappa shape index (κ3) is 3.02. The maximum atomic E-state index is 10.6. The second-order valence-corrected chi connectivity index (χ2v) is 5.11. The first-order valence-electron chi connectivity index (χ1n) is 7.16. The highest BCUT2D eigenvalue weighted by atomic mass is 16.5. The molecule has 112 valence electrons. The number of aryl methyl sites for hydroxylation is 1. The molecule has 3 rings (SSSR count). The lowest BCUT2D eigenvalue weighted by Gasteiger charge is -2.16. The van der Waals surface area contributed by atoms with E-state index < -0.39 is 6.10 Å². The van der Waals surface area contributed by atoms with Gasteiger partial charge in [-0.15, -0.1) is 0 Å². The number of aliphatic hydroxyl groups is 1. The van der Waals surface area contributed by atoms with E-state index in [2.05, 4.69) is 4.98 Å². The first-order valence-corrected chi connectivity index (χ1v) is 7.16. The van der Waals surface area contributed by atoms with Gasteiger partial charge in [-0.1, -0.05) is 48.5 Å². The molecule has 2 aromatic carbocycles. The molecule has 0 bridgehead atoms. The third-order valence-electron chi connectivity index (χ3n) is 3.55. The van der Waals surface area contributed by atoms with Gasteiger partial charge in [-0.25, -0.2) is 4.98 Å². The van der Waals surface area contributed by atoms with Gasteiger partial charge in [0.25, 0.3) is 0 Å². The van der Waals surface area contributed by atoms with E-state index in [1.165, 1.54) is 0 Å². The van der Waals surface area contributed by atoms with Crippen LogP contribution in [0.3, 0.4) is 0 Å². The second kappa shape index (κ2) is 6.45. The van der Waals surface area contributed by atoms with Crippen LogP contribution in [0.5, 0.6) is 5.75 Å². The van der Waals surface area contributed by atoms with Gasteiger partial charge in [-0.05, 0) is 11.6 Å². The Morgan fingerprint density at radius 1 is 1.09 bits per heavy atom. The van der Waals surface area contributed by atoms with Crippen LogP contribution in [-0.2, 0) is 13.7 Å². The Balaban J connectivity index is 1.82. The fourth-order valence-corrected chi connectivity index (χ4v) is 2.35. The molecule has 0 amide bonds. The summed E-state index contributed by atoms with van der Waals surface area (Å²) in [6.07, 6.45) is 2.67. The first-order chi connectivity index (χ1) is 10.8. The van der Waals surface area contributed by atoms with E-state index in [1.807, 2.05) is 67.8 Å². The summed E-state index contributed by atoms with van der Waals surface area (Å²) in [7, 11) is 1.86. The van der Waals surface area contributed by atoms with Crippen molar-refractivity contribution in [3.63, 3.8) is 0 Å². The molecular weight excluding hydrogens is 276 g/mol. The van der Waals surface area contributed by atoms with Crippen molar-refractivity contribution in [3.05, 3.63) is 83.9 Å². The van der Waals surface area contributed by atoms with E-state index in [0.717, 1.165) is 5.56 Å². The Morgan fingerprint density at radius 2 is 1.82 bits per heavy atom. The van der Waals surface area contributed by atoms with Crippen LogP contribution in [0.15, 0.2) is 67.0 Å². The smallest absolute Gasteiger partial charge is 0.142 e. The van der Waals surface area contributed by atoms with Crippen LogP contribution in [0.2, 0.25) is 0 Å². The summed E-state index contributed by atoms with van der Waals surface area (Å²) in [5, 5.41) is 10.6. The number of ether oxygens (including phenoxy) is 1. The Hall–Kier alpha value is -2.59. The summed E-state index contributed by atoms with van der Waals surface area (Å²) < 4.78 is 7.69. The summed E-state index contributed by atoms with van der Waals surface area (Å²) in [6.45, 7) is 0.463. The van der Waals surface area contributed by atoms with Crippen molar-refractivity contribution in [2.45, 2.75) is 12.7 Å². The number of hydrogen-bond acceptors (Lipinski definition) is 3. The second-order valence-electron chi connectivity index (χ2n) is 5.11. The van der Waals surface area contributed by atoms with Gasteiger partial charge >= 0.3 is 0 Å². The van der Waals surface area contributed by atoms with Gasteiger partial charge in [0, 0.05) is 25.0 Å². The standard InChI is InChI=1S/C18H18N2O2/c1-20-12-11-19-18(20)17(21)15-9-5-6-10-16(15)22-13-14-7-3-2-4-8-14/h2-12,17,21H,13H2,1H3. The molecule has 22 heavy (non-hydrogen) atoms. The number of benzene rings is 2. The lowest BCUT2D eigenvalue weighted by Crippen LogP contribution is -2.09. The number of aromatic nitrogens is 2. The molecule has 0 fully saturated rings. The van der Waals surface area contributed by atoms with Gasteiger partial charge < -0.3 is 14.4 Å². The zero-order chi connectivity index (χ0) is 15.4. The average Bonchev–Trinajstić information content (AvgIpc) is 2.99. The third-order valence-corrected chi connectivity index (χ3v) is 3.55. The van der Waals surface area contributed by atoms with Crippen molar-refractivity contribution in [1.29, 1.82) is 0 Å². The zero-order valence-corrected chi connectivity index (χ0v) is 12.4. The predicted molar refractivity (Wildman–Crippen MR) is 84.5 cm³/mol. The molecule has 4 heteroatoms. The zero-order valence-electron chi connectivity index (χ0n) is 12.4. The number of rotatable bonds is 5. The highest BCUT2D eigenvalue weighted by Gasteiger charge is 2.18. The van der Waals surface area contributed by atoms with E-state index in [-0.39, 0.29) is 0 Å². The fourth-order valence-electron chi connectivity index (χ4n) is 2.35. The van der Waals surface area contributed by atoms with Gasteiger partial charge in [0.2, 0.25) is 0 Å². The minimum absolute atomic E-state index is 0.463. The number of aliphatic hydroxyl groups excluding tert-OH is 1. The minimum atomic E-state index is -0.813. The van der Waals surface area contributed by atoms with Crippen molar-refractivity contribution in [1.82, 2.24) is 9.55 Å². The van der Waals surface area contributed by atoms with Crippen molar-refractivity contribution in [2.24, 2.45) is 7.05 Å². The molecule has 0 aliphatic carbocycles. The molecule has 4 nitrogen and oxygen atoms in total. The van der Waals surface area contributed by atoms with Gasteiger partial charge in [0.15, 0.2) is 0 Å². The summed E-state index contributed by atoms with van der Waals surface area (Å²) in [5.41, 5.74) is 1.80. The first kappa shape index (κ1) is 14.4.